The van der Waals surface area contributed by atoms with Gasteiger partial charge in [-0.2, -0.15) is 0 Å². The molecule has 0 aromatic heterocycles. The largest absolute Gasteiger partial charge is 0.350 e. The standard InChI is InChI=1S/C24H26N2O3S/c1-18-9-11-21(12-10-18)16-25-24(27)17-26(22-14-19(2)13-20(3)15-22)30(28,29)23-7-5-4-6-8-23/h4-15H,16-17H2,1-3H3,(H,25,27). The zero-order valence-electron chi connectivity index (χ0n) is 17.4. The summed E-state index contributed by atoms with van der Waals surface area (Å²) >= 11 is 0. The summed E-state index contributed by atoms with van der Waals surface area (Å²) in [5, 5.41) is 2.83. The molecule has 0 atom stereocenters. The topological polar surface area (TPSA) is 66.5 Å². The molecule has 3 aromatic carbocycles. The van der Waals surface area contributed by atoms with Crippen LogP contribution in [-0.2, 0) is 21.4 Å². The fraction of sp³-hybridized carbons (Fsp3) is 0.208. The first-order chi connectivity index (χ1) is 14.3. The van der Waals surface area contributed by atoms with E-state index in [0.29, 0.717) is 12.2 Å². The van der Waals surface area contributed by atoms with Crippen LogP contribution >= 0.6 is 0 Å². The Morgan fingerprint density at radius 2 is 1.43 bits per heavy atom. The van der Waals surface area contributed by atoms with Crippen molar-refractivity contribution in [3.63, 3.8) is 0 Å². The van der Waals surface area contributed by atoms with E-state index in [4.69, 9.17) is 0 Å². The first kappa shape index (κ1) is 21.6. The minimum atomic E-state index is -3.90. The average Bonchev–Trinajstić information content (AvgIpc) is 2.71. The highest BCUT2D eigenvalue weighted by Crippen LogP contribution is 2.25. The Morgan fingerprint density at radius 3 is 2.03 bits per heavy atom. The maximum Gasteiger partial charge on any atom is 0.264 e. The SMILES string of the molecule is Cc1ccc(CNC(=O)CN(c2cc(C)cc(C)c2)S(=O)(=O)c2ccccc2)cc1. The molecule has 0 aliphatic carbocycles. The summed E-state index contributed by atoms with van der Waals surface area (Å²) in [5.41, 5.74) is 4.43. The number of hydrogen-bond acceptors (Lipinski definition) is 3. The predicted molar refractivity (Wildman–Crippen MR) is 120 cm³/mol. The van der Waals surface area contributed by atoms with E-state index in [2.05, 4.69) is 5.32 Å². The van der Waals surface area contributed by atoms with Gasteiger partial charge in [-0.1, -0.05) is 54.1 Å². The second-order valence-corrected chi connectivity index (χ2v) is 9.30. The molecule has 30 heavy (non-hydrogen) atoms. The van der Waals surface area contributed by atoms with Crippen LogP contribution in [0.1, 0.15) is 22.3 Å². The van der Waals surface area contributed by atoms with Crippen LogP contribution in [0.2, 0.25) is 0 Å². The van der Waals surface area contributed by atoms with Crippen LogP contribution in [-0.4, -0.2) is 20.9 Å². The van der Waals surface area contributed by atoms with Gasteiger partial charge in [0.25, 0.3) is 10.0 Å². The molecule has 0 saturated carbocycles. The number of anilines is 1. The Bertz CT molecular complexity index is 1100. The third-order valence-electron chi connectivity index (χ3n) is 4.72. The number of carbonyl (C=O) groups is 1. The van der Waals surface area contributed by atoms with Gasteiger partial charge in [0.15, 0.2) is 0 Å². The minimum Gasteiger partial charge on any atom is -0.350 e. The molecular formula is C24H26N2O3S. The van der Waals surface area contributed by atoms with Gasteiger partial charge >= 0.3 is 0 Å². The second kappa shape index (κ2) is 9.13. The van der Waals surface area contributed by atoms with E-state index in [1.807, 2.05) is 51.1 Å². The first-order valence-electron chi connectivity index (χ1n) is 9.74. The molecule has 0 saturated heterocycles. The molecule has 3 rings (SSSR count). The molecule has 0 spiro atoms. The predicted octanol–water partition coefficient (Wildman–Crippen LogP) is 4.12. The van der Waals surface area contributed by atoms with Crippen LogP contribution in [0.15, 0.2) is 77.7 Å². The molecular weight excluding hydrogens is 396 g/mol. The van der Waals surface area contributed by atoms with Crippen LogP contribution in [0, 0.1) is 20.8 Å². The maximum absolute atomic E-state index is 13.3. The lowest BCUT2D eigenvalue weighted by atomic mass is 10.1. The van der Waals surface area contributed by atoms with Gasteiger partial charge in [-0.15, -0.1) is 0 Å². The summed E-state index contributed by atoms with van der Waals surface area (Å²) in [6.45, 7) is 5.85. The normalized spacial score (nSPS) is 11.2. The maximum atomic E-state index is 13.3. The van der Waals surface area contributed by atoms with Gasteiger partial charge in [-0.25, -0.2) is 8.42 Å². The number of sulfonamides is 1. The van der Waals surface area contributed by atoms with Crippen LogP contribution in [0.25, 0.3) is 0 Å². The highest BCUT2D eigenvalue weighted by molar-refractivity contribution is 7.92. The molecule has 0 fully saturated rings. The monoisotopic (exact) mass is 422 g/mol. The Labute approximate surface area is 178 Å². The quantitative estimate of drug-likeness (QED) is 0.623. The highest BCUT2D eigenvalue weighted by atomic mass is 32.2. The number of nitrogens with zero attached hydrogens (tertiary/aromatic N) is 1. The summed E-state index contributed by atoms with van der Waals surface area (Å²) in [4.78, 5) is 12.8. The first-order valence-corrected chi connectivity index (χ1v) is 11.2. The van der Waals surface area contributed by atoms with E-state index in [1.54, 1.807) is 30.3 Å². The van der Waals surface area contributed by atoms with Crippen LogP contribution in [0.4, 0.5) is 5.69 Å². The summed E-state index contributed by atoms with van der Waals surface area (Å²) < 4.78 is 27.9. The summed E-state index contributed by atoms with van der Waals surface area (Å²) in [6.07, 6.45) is 0. The number of hydrogen-bond donors (Lipinski definition) is 1. The lowest BCUT2D eigenvalue weighted by Crippen LogP contribution is -2.40. The molecule has 0 bridgehead atoms. The van der Waals surface area contributed by atoms with Crippen molar-refractivity contribution < 1.29 is 13.2 Å². The molecule has 3 aromatic rings. The molecule has 0 unspecified atom stereocenters. The van der Waals surface area contributed by atoms with Gasteiger partial charge in [0.1, 0.15) is 6.54 Å². The minimum absolute atomic E-state index is 0.149. The molecule has 1 amide bonds. The Hall–Kier alpha value is -3.12. The molecule has 0 radical (unpaired) electrons. The smallest absolute Gasteiger partial charge is 0.264 e. The number of carbonyl (C=O) groups excluding carboxylic acids is 1. The van der Waals surface area contributed by atoms with Crippen molar-refractivity contribution >= 4 is 21.6 Å². The van der Waals surface area contributed by atoms with Crippen molar-refractivity contribution in [2.75, 3.05) is 10.8 Å². The number of nitrogens with one attached hydrogen (secondary N) is 1. The average molecular weight is 423 g/mol. The molecule has 0 heterocycles. The fourth-order valence-corrected chi connectivity index (χ4v) is 4.65. The van der Waals surface area contributed by atoms with Crippen molar-refractivity contribution in [2.24, 2.45) is 0 Å². The van der Waals surface area contributed by atoms with Crippen molar-refractivity contribution in [3.05, 3.63) is 95.1 Å². The summed E-state index contributed by atoms with van der Waals surface area (Å²) in [6, 6.07) is 21.5. The van der Waals surface area contributed by atoms with E-state index in [-0.39, 0.29) is 17.3 Å². The molecule has 6 heteroatoms. The van der Waals surface area contributed by atoms with Crippen molar-refractivity contribution in [2.45, 2.75) is 32.2 Å². The summed E-state index contributed by atoms with van der Waals surface area (Å²) in [7, 11) is -3.90. The van der Waals surface area contributed by atoms with Gasteiger partial charge in [0.05, 0.1) is 10.6 Å². The number of rotatable bonds is 7. The number of aryl methyl sites for hydroxylation is 3. The Balaban J connectivity index is 1.87. The number of benzene rings is 3. The van der Waals surface area contributed by atoms with E-state index in [1.165, 1.54) is 16.4 Å². The van der Waals surface area contributed by atoms with Crippen LogP contribution in [0.5, 0.6) is 0 Å². The van der Waals surface area contributed by atoms with Gasteiger partial charge in [0, 0.05) is 6.54 Å². The van der Waals surface area contributed by atoms with E-state index >= 15 is 0 Å². The van der Waals surface area contributed by atoms with Crippen LogP contribution in [0.3, 0.4) is 0 Å². The zero-order valence-corrected chi connectivity index (χ0v) is 18.2. The molecule has 156 valence electrons. The van der Waals surface area contributed by atoms with Crippen LogP contribution < -0.4 is 9.62 Å². The van der Waals surface area contributed by atoms with Crippen molar-refractivity contribution in [3.8, 4) is 0 Å². The second-order valence-electron chi connectivity index (χ2n) is 7.43. The van der Waals surface area contributed by atoms with E-state index in [9.17, 15) is 13.2 Å². The highest BCUT2D eigenvalue weighted by Gasteiger charge is 2.27. The third kappa shape index (κ3) is 5.27. The summed E-state index contributed by atoms with van der Waals surface area (Å²) in [5.74, 6) is -0.366. The Morgan fingerprint density at radius 1 is 0.833 bits per heavy atom. The molecule has 5 nitrogen and oxygen atoms in total. The number of amides is 1. The van der Waals surface area contributed by atoms with E-state index in [0.717, 1.165) is 22.3 Å². The molecule has 0 aliphatic heterocycles. The Kier molecular flexibility index (Phi) is 6.57. The lowest BCUT2D eigenvalue weighted by Gasteiger charge is -2.25. The molecule has 1 N–H and O–H groups in total. The zero-order chi connectivity index (χ0) is 21.7. The van der Waals surface area contributed by atoms with Gasteiger partial charge in [-0.3, -0.25) is 9.10 Å². The fourth-order valence-electron chi connectivity index (χ4n) is 3.22. The third-order valence-corrected chi connectivity index (χ3v) is 6.51. The van der Waals surface area contributed by atoms with Gasteiger partial charge in [-0.05, 0) is 61.7 Å². The van der Waals surface area contributed by atoms with E-state index < -0.39 is 10.0 Å². The van der Waals surface area contributed by atoms with Gasteiger partial charge in [0.2, 0.25) is 5.91 Å². The van der Waals surface area contributed by atoms with Crippen molar-refractivity contribution in [1.29, 1.82) is 0 Å². The van der Waals surface area contributed by atoms with Crippen molar-refractivity contribution in [1.82, 2.24) is 5.32 Å². The molecule has 0 aliphatic rings. The lowest BCUT2D eigenvalue weighted by molar-refractivity contribution is -0.119. The van der Waals surface area contributed by atoms with Gasteiger partial charge < -0.3 is 5.32 Å².